The minimum atomic E-state index is -0.0507. The number of benzene rings is 1. The van der Waals surface area contributed by atoms with Gasteiger partial charge in [-0.05, 0) is 49.7 Å². The molecule has 0 aliphatic heterocycles. The van der Waals surface area contributed by atoms with Crippen molar-refractivity contribution in [1.82, 2.24) is 5.32 Å². The summed E-state index contributed by atoms with van der Waals surface area (Å²) in [5.74, 6) is 2.37. The van der Waals surface area contributed by atoms with E-state index in [2.05, 4.69) is 5.32 Å². The molecule has 2 aliphatic rings. The third-order valence-corrected chi connectivity index (χ3v) is 5.12. The van der Waals surface area contributed by atoms with Crippen molar-refractivity contribution in [3.63, 3.8) is 0 Å². The molecule has 23 heavy (non-hydrogen) atoms. The van der Waals surface area contributed by atoms with Crippen LogP contribution in [0.5, 0.6) is 11.5 Å². The van der Waals surface area contributed by atoms with E-state index in [1.807, 2.05) is 18.2 Å². The van der Waals surface area contributed by atoms with Crippen molar-refractivity contribution >= 4 is 5.91 Å². The van der Waals surface area contributed by atoms with Crippen LogP contribution in [0.3, 0.4) is 0 Å². The van der Waals surface area contributed by atoms with E-state index in [0.717, 1.165) is 18.6 Å². The first kappa shape index (κ1) is 16.1. The van der Waals surface area contributed by atoms with Crippen LogP contribution in [-0.2, 0) is 4.79 Å². The molecule has 3 N–H and O–H groups in total. The number of nitrogens with two attached hydrogens (primary N) is 1. The molecule has 2 fully saturated rings. The predicted molar refractivity (Wildman–Crippen MR) is 88.5 cm³/mol. The first-order chi connectivity index (χ1) is 11.2. The third-order valence-electron chi connectivity index (χ3n) is 5.12. The van der Waals surface area contributed by atoms with Crippen LogP contribution in [0.2, 0.25) is 0 Å². The maximum atomic E-state index is 12.3. The van der Waals surface area contributed by atoms with Gasteiger partial charge in [-0.3, -0.25) is 4.79 Å². The fourth-order valence-corrected chi connectivity index (χ4v) is 4.09. The number of fused-ring (bicyclic) bond motifs is 2. The Morgan fingerprint density at radius 3 is 2.65 bits per heavy atom. The minimum absolute atomic E-state index is 0.0369. The zero-order valence-corrected chi connectivity index (χ0v) is 13.7. The molecule has 0 spiro atoms. The Balaban J connectivity index is 1.53. The monoisotopic (exact) mass is 318 g/mol. The summed E-state index contributed by atoms with van der Waals surface area (Å²) in [7, 11) is 1.61. The molecule has 2 bridgehead atoms. The van der Waals surface area contributed by atoms with Gasteiger partial charge in [-0.15, -0.1) is 0 Å². The van der Waals surface area contributed by atoms with Gasteiger partial charge in [-0.1, -0.05) is 12.5 Å². The van der Waals surface area contributed by atoms with Crippen molar-refractivity contribution in [2.45, 2.75) is 44.2 Å². The Morgan fingerprint density at radius 1 is 1.26 bits per heavy atom. The number of carbonyl (C=O) groups is 1. The van der Waals surface area contributed by atoms with Crippen molar-refractivity contribution in [3.8, 4) is 11.5 Å². The summed E-state index contributed by atoms with van der Waals surface area (Å²) in [5, 5.41) is 3.19. The maximum absolute atomic E-state index is 12.3. The van der Waals surface area contributed by atoms with Crippen LogP contribution in [0.1, 0.15) is 32.1 Å². The molecule has 2 atom stereocenters. The molecule has 1 aromatic rings. The fraction of sp³-hybridized carbons (Fsp3) is 0.611. The molecular weight excluding hydrogens is 292 g/mol. The molecule has 0 aromatic heterocycles. The largest absolute Gasteiger partial charge is 0.497 e. The van der Waals surface area contributed by atoms with Crippen molar-refractivity contribution in [2.75, 3.05) is 13.7 Å². The highest BCUT2D eigenvalue weighted by molar-refractivity contribution is 5.78. The van der Waals surface area contributed by atoms with Crippen molar-refractivity contribution in [1.29, 1.82) is 0 Å². The van der Waals surface area contributed by atoms with Crippen LogP contribution in [0.15, 0.2) is 24.3 Å². The van der Waals surface area contributed by atoms with Crippen LogP contribution in [0.25, 0.3) is 0 Å². The minimum Gasteiger partial charge on any atom is -0.497 e. The van der Waals surface area contributed by atoms with E-state index < -0.39 is 0 Å². The van der Waals surface area contributed by atoms with Gasteiger partial charge in [0, 0.05) is 18.2 Å². The topological polar surface area (TPSA) is 73.6 Å². The third kappa shape index (κ3) is 3.96. The highest BCUT2D eigenvalue weighted by Gasteiger charge is 2.39. The van der Waals surface area contributed by atoms with Gasteiger partial charge in [-0.25, -0.2) is 0 Å². The number of nitrogens with one attached hydrogen (secondary N) is 1. The predicted octanol–water partition coefficient (Wildman–Crippen LogP) is 2.10. The first-order valence-electron chi connectivity index (χ1n) is 8.47. The van der Waals surface area contributed by atoms with E-state index >= 15 is 0 Å². The van der Waals surface area contributed by atoms with Gasteiger partial charge in [0.25, 0.3) is 5.91 Å². The molecule has 5 heteroatoms. The number of ether oxygens (including phenoxy) is 2. The van der Waals surface area contributed by atoms with Crippen LogP contribution >= 0.6 is 0 Å². The number of rotatable bonds is 5. The molecule has 1 amide bonds. The summed E-state index contributed by atoms with van der Waals surface area (Å²) in [6.07, 6.45) is 5.66. The summed E-state index contributed by atoms with van der Waals surface area (Å²) < 4.78 is 10.7. The molecular formula is C18H26N2O3. The quantitative estimate of drug-likeness (QED) is 0.872. The lowest BCUT2D eigenvalue weighted by Gasteiger charge is -2.45. The molecule has 2 aliphatic carbocycles. The van der Waals surface area contributed by atoms with E-state index in [0.29, 0.717) is 23.6 Å². The van der Waals surface area contributed by atoms with E-state index in [4.69, 9.17) is 15.2 Å². The van der Waals surface area contributed by atoms with Gasteiger partial charge >= 0.3 is 0 Å². The van der Waals surface area contributed by atoms with E-state index in [1.165, 1.54) is 19.3 Å². The number of carbonyl (C=O) groups excluding carboxylic acids is 1. The van der Waals surface area contributed by atoms with Gasteiger partial charge in [0.2, 0.25) is 0 Å². The van der Waals surface area contributed by atoms with Gasteiger partial charge in [0.1, 0.15) is 11.5 Å². The molecule has 3 rings (SSSR count). The van der Waals surface area contributed by atoms with Crippen molar-refractivity contribution in [3.05, 3.63) is 24.3 Å². The molecule has 126 valence electrons. The smallest absolute Gasteiger partial charge is 0.258 e. The molecule has 0 heterocycles. The van der Waals surface area contributed by atoms with Gasteiger partial charge < -0.3 is 20.5 Å². The summed E-state index contributed by atoms with van der Waals surface area (Å²) in [4.78, 5) is 12.3. The van der Waals surface area contributed by atoms with Crippen molar-refractivity contribution < 1.29 is 14.3 Å². The van der Waals surface area contributed by atoms with Gasteiger partial charge in [0.05, 0.1) is 7.11 Å². The van der Waals surface area contributed by atoms with E-state index in [1.54, 1.807) is 13.2 Å². The lowest BCUT2D eigenvalue weighted by molar-refractivity contribution is -0.125. The summed E-state index contributed by atoms with van der Waals surface area (Å²) in [6.45, 7) is 0.0369. The van der Waals surface area contributed by atoms with Crippen LogP contribution in [0.4, 0.5) is 0 Å². The highest BCUT2D eigenvalue weighted by atomic mass is 16.5. The van der Waals surface area contributed by atoms with E-state index in [-0.39, 0.29) is 18.6 Å². The fourth-order valence-electron chi connectivity index (χ4n) is 4.09. The Hall–Kier alpha value is -1.75. The number of methoxy groups -OCH3 is 1. The van der Waals surface area contributed by atoms with Gasteiger partial charge in [0.15, 0.2) is 6.61 Å². The zero-order valence-electron chi connectivity index (χ0n) is 13.7. The summed E-state index contributed by atoms with van der Waals surface area (Å²) >= 11 is 0. The summed E-state index contributed by atoms with van der Waals surface area (Å²) in [6, 6.07) is 7.86. The zero-order chi connectivity index (χ0) is 16.2. The molecule has 0 saturated heterocycles. The van der Waals surface area contributed by atoms with Crippen LogP contribution in [-0.4, -0.2) is 31.7 Å². The molecule has 5 nitrogen and oxygen atoms in total. The van der Waals surface area contributed by atoms with Crippen molar-refractivity contribution in [2.24, 2.45) is 17.6 Å². The van der Waals surface area contributed by atoms with Crippen LogP contribution in [0, 0.1) is 11.8 Å². The second kappa shape index (κ2) is 7.21. The molecule has 2 unspecified atom stereocenters. The Morgan fingerprint density at radius 2 is 1.96 bits per heavy atom. The Bertz CT molecular complexity index is 535. The molecule has 0 radical (unpaired) electrons. The maximum Gasteiger partial charge on any atom is 0.258 e. The molecule has 1 aromatic carbocycles. The average Bonchev–Trinajstić information content (AvgIpc) is 2.54. The Labute approximate surface area is 137 Å². The number of hydrogen-bond acceptors (Lipinski definition) is 4. The lowest BCUT2D eigenvalue weighted by atomic mass is 9.67. The van der Waals surface area contributed by atoms with Crippen LogP contribution < -0.4 is 20.5 Å². The highest BCUT2D eigenvalue weighted by Crippen LogP contribution is 2.39. The Kier molecular flexibility index (Phi) is 5.06. The number of amides is 1. The molecule has 2 saturated carbocycles. The summed E-state index contributed by atoms with van der Waals surface area (Å²) in [5.41, 5.74) is 6.13. The average molecular weight is 318 g/mol. The second-order valence-electron chi connectivity index (χ2n) is 6.74. The van der Waals surface area contributed by atoms with Gasteiger partial charge in [-0.2, -0.15) is 0 Å². The van der Waals surface area contributed by atoms with E-state index in [9.17, 15) is 4.79 Å². The normalized spacial score (nSPS) is 29.7. The lowest BCUT2D eigenvalue weighted by Crippen LogP contribution is -2.54. The first-order valence-corrected chi connectivity index (χ1v) is 8.47. The standard InChI is InChI=1S/C18H26N2O3/c1-22-15-6-3-7-16(10-15)23-11-17(21)20-18-12-4-2-5-13(18)9-14(19)8-12/h3,6-7,10,12-14,18H,2,4-5,8-9,11,19H2,1H3,(H,20,21). The second-order valence-corrected chi connectivity index (χ2v) is 6.74. The number of hydrogen-bond donors (Lipinski definition) is 2. The SMILES string of the molecule is COc1cccc(OCC(=O)NC2C3CCCC2CC(N)C3)c1.